The van der Waals surface area contributed by atoms with E-state index in [0.717, 1.165) is 24.2 Å². The van der Waals surface area contributed by atoms with E-state index in [1.165, 1.54) is 43.2 Å². The summed E-state index contributed by atoms with van der Waals surface area (Å²) >= 11 is 0. The molecule has 1 aliphatic carbocycles. The van der Waals surface area contributed by atoms with Crippen molar-refractivity contribution < 1.29 is 0 Å². The normalized spacial score (nSPS) is 23.8. The van der Waals surface area contributed by atoms with Crippen LogP contribution in [0.1, 0.15) is 50.2 Å². The van der Waals surface area contributed by atoms with Crippen molar-refractivity contribution in [1.82, 2.24) is 4.90 Å². The summed E-state index contributed by atoms with van der Waals surface area (Å²) < 4.78 is 0. The van der Waals surface area contributed by atoms with Crippen LogP contribution in [0, 0.1) is 12.8 Å². The second-order valence-electron chi connectivity index (χ2n) is 6.20. The van der Waals surface area contributed by atoms with Gasteiger partial charge in [-0.15, -0.1) is 0 Å². The van der Waals surface area contributed by atoms with Gasteiger partial charge in [-0.25, -0.2) is 0 Å². The Balaban J connectivity index is 1.94. The van der Waals surface area contributed by atoms with Crippen molar-refractivity contribution in [2.24, 2.45) is 5.92 Å². The van der Waals surface area contributed by atoms with Gasteiger partial charge in [0.05, 0.1) is 0 Å². The van der Waals surface area contributed by atoms with Gasteiger partial charge in [-0.1, -0.05) is 31.0 Å². The van der Waals surface area contributed by atoms with E-state index in [9.17, 15) is 0 Å². The van der Waals surface area contributed by atoms with Gasteiger partial charge in [0.15, 0.2) is 0 Å². The fourth-order valence-corrected chi connectivity index (χ4v) is 3.26. The van der Waals surface area contributed by atoms with E-state index in [-0.39, 0.29) is 0 Å². The first-order valence-corrected chi connectivity index (χ1v) is 7.65. The number of nitrogens with two attached hydrogens (primary N) is 1. The van der Waals surface area contributed by atoms with Crippen LogP contribution >= 0.6 is 0 Å². The molecule has 1 fully saturated rings. The van der Waals surface area contributed by atoms with E-state index in [4.69, 9.17) is 5.73 Å². The predicted octanol–water partition coefficient (Wildman–Crippen LogP) is 3.98. The largest absolute Gasteiger partial charge is 0.398 e. The quantitative estimate of drug-likeness (QED) is 0.830. The molecule has 0 saturated heterocycles. The van der Waals surface area contributed by atoms with E-state index in [2.05, 4.69) is 37.9 Å². The summed E-state index contributed by atoms with van der Waals surface area (Å²) in [6, 6.07) is 7.09. The first kappa shape index (κ1) is 14.4. The summed E-state index contributed by atoms with van der Waals surface area (Å²) in [6.45, 7) is 5.44. The van der Waals surface area contributed by atoms with Crippen LogP contribution in [-0.2, 0) is 6.54 Å². The highest BCUT2D eigenvalue weighted by atomic mass is 15.1. The van der Waals surface area contributed by atoms with Gasteiger partial charge < -0.3 is 5.73 Å². The van der Waals surface area contributed by atoms with Gasteiger partial charge >= 0.3 is 0 Å². The summed E-state index contributed by atoms with van der Waals surface area (Å²) in [6.07, 6.45) is 6.84. The van der Waals surface area contributed by atoms with Crippen molar-refractivity contribution >= 4 is 5.69 Å². The standard InChI is InChI=1S/C17H28N2/c1-4-14-6-8-16(9-7-14)19(3)12-15-11-13(2)5-10-17(15)18/h5,10-11,14,16H,4,6-9,12,18H2,1-3H3. The van der Waals surface area contributed by atoms with E-state index >= 15 is 0 Å². The molecule has 106 valence electrons. The minimum absolute atomic E-state index is 0.739. The lowest BCUT2D eigenvalue weighted by atomic mass is 9.84. The molecule has 0 aromatic heterocycles. The molecular weight excluding hydrogens is 232 g/mol. The van der Waals surface area contributed by atoms with Gasteiger partial charge in [-0.2, -0.15) is 0 Å². The van der Waals surface area contributed by atoms with Crippen LogP contribution in [-0.4, -0.2) is 18.0 Å². The van der Waals surface area contributed by atoms with Crippen LogP contribution in [0.3, 0.4) is 0 Å². The summed E-state index contributed by atoms with van der Waals surface area (Å²) in [4.78, 5) is 2.50. The Kier molecular flexibility index (Phi) is 4.87. The maximum absolute atomic E-state index is 6.08. The molecular formula is C17H28N2. The molecule has 0 aliphatic heterocycles. The third-order valence-corrected chi connectivity index (χ3v) is 4.74. The number of rotatable bonds is 4. The summed E-state index contributed by atoms with van der Waals surface area (Å²) in [5, 5.41) is 0. The summed E-state index contributed by atoms with van der Waals surface area (Å²) in [5.74, 6) is 0.966. The molecule has 1 saturated carbocycles. The fraction of sp³-hybridized carbons (Fsp3) is 0.647. The molecule has 0 atom stereocenters. The Morgan fingerprint density at radius 1 is 1.21 bits per heavy atom. The van der Waals surface area contributed by atoms with Crippen LogP contribution in [0.2, 0.25) is 0 Å². The third-order valence-electron chi connectivity index (χ3n) is 4.74. The van der Waals surface area contributed by atoms with Crippen LogP contribution in [0.4, 0.5) is 5.69 Å². The zero-order valence-corrected chi connectivity index (χ0v) is 12.7. The molecule has 2 nitrogen and oxygen atoms in total. The molecule has 2 heteroatoms. The molecule has 0 amide bonds. The summed E-state index contributed by atoms with van der Waals surface area (Å²) in [5.41, 5.74) is 9.59. The lowest BCUT2D eigenvalue weighted by Crippen LogP contribution is -2.34. The Morgan fingerprint density at radius 3 is 2.53 bits per heavy atom. The second-order valence-corrected chi connectivity index (χ2v) is 6.20. The maximum Gasteiger partial charge on any atom is 0.0359 e. The SMILES string of the molecule is CCC1CCC(N(C)Cc2cc(C)ccc2N)CC1. The average Bonchev–Trinajstić information content (AvgIpc) is 2.43. The lowest BCUT2D eigenvalue weighted by Gasteiger charge is -2.34. The number of anilines is 1. The maximum atomic E-state index is 6.08. The lowest BCUT2D eigenvalue weighted by molar-refractivity contribution is 0.157. The van der Waals surface area contributed by atoms with Gasteiger partial charge in [-0.3, -0.25) is 4.90 Å². The first-order valence-electron chi connectivity index (χ1n) is 7.65. The van der Waals surface area contributed by atoms with E-state index in [1.54, 1.807) is 0 Å². The second kappa shape index (κ2) is 6.42. The van der Waals surface area contributed by atoms with Crippen molar-refractivity contribution in [3.8, 4) is 0 Å². The minimum Gasteiger partial charge on any atom is -0.398 e. The average molecular weight is 260 g/mol. The minimum atomic E-state index is 0.739. The topological polar surface area (TPSA) is 29.3 Å². The Hall–Kier alpha value is -1.02. The zero-order chi connectivity index (χ0) is 13.8. The molecule has 19 heavy (non-hydrogen) atoms. The van der Waals surface area contributed by atoms with Crippen molar-refractivity contribution in [3.05, 3.63) is 29.3 Å². The zero-order valence-electron chi connectivity index (χ0n) is 12.7. The van der Waals surface area contributed by atoms with Crippen LogP contribution in [0.5, 0.6) is 0 Å². The Morgan fingerprint density at radius 2 is 1.89 bits per heavy atom. The molecule has 0 unspecified atom stereocenters. The molecule has 2 N–H and O–H groups in total. The highest BCUT2D eigenvalue weighted by molar-refractivity contribution is 5.48. The summed E-state index contributed by atoms with van der Waals surface area (Å²) in [7, 11) is 2.25. The van der Waals surface area contributed by atoms with Gasteiger partial charge in [-0.05, 0) is 57.2 Å². The number of benzene rings is 1. The number of nitrogen functional groups attached to an aromatic ring is 1. The Bertz CT molecular complexity index is 406. The van der Waals surface area contributed by atoms with Crippen LogP contribution in [0.25, 0.3) is 0 Å². The predicted molar refractivity (Wildman–Crippen MR) is 83.1 cm³/mol. The van der Waals surface area contributed by atoms with Gasteiger partial charge in [0.25, 0.3) is 0 Å². The van der Waals surface area contributed by atoms with Gasteiger partial charge in [0, 0.05) is 18.3 Å². The fourth-order valence-electron chi connectivity index (χ4n) is 3.26. The molecule has 0 heterocycles. The van der Waals surface area contributed by atoms with Crippen molar-refractivity contribution in [1.29, 1.82) is 0 Å². The van der Waals surface area contributed by atoms with E-state index in [1.807, 2.05) is 6.07 Å². The Labute approximate surface area is 118 Å². The van der Waals surface area contributed by atoms with Gasteiger partial charge in [0.1, 0.15) is 0 Å². The first-order chi connectivity index (χ1) is 9.10. The number of hydrogen-bond acceptors (Lipinski definition) is 2. The smallest absolute Gasteiger partial charge is 0.0359 e. The van der Waals surface area contributed by atoms with Gasteiger partial charge in [0.2, 0.25) is 0 Å². The number of hydrogen-bond donors (Lipinski definition) is 1. The van der Waals surface area contributed by atoms with Crippen molar-refractivity contribution in [2.45, 2.75) is 58.5 Å². The number of nitrogens with zero attached hydrogens (tertiary/aromatic N) is 1. The monoisotopic (exact) mass is 260 g/mol. The third kappa shape index (κ3) is 3.73. The van der Waals surface area contributed by atoms with E-state index in [0.29, 0.717) is 0 Å². The van der Waals surface area contributed by atoms with E-state index < -0.39 is 0 Å². The highest BCUT2D eigenvalue weighted by Crippen LogP contribution is 2.30. The van der Waals surface area contributed by atoms with Crippen LogP contribution < -0.4 is 5.73 Å². The van der Waals surface area contributed by atoms with Crippen LogP contribution in [0.15, 0.2) is 18.2 Å². The molecule has 0 bridgehead atoms. The molecule has 1 aromatic carbocycles. The molecule has 0 radical (unpaired) electrons. The molecule has 1 aliphatic rings. The van der Waals surface area contributed by atoms with Crippen molar-refractivity contribution in [2.75, 3.05) is 12.8 Å². The number of aryl methyl sites for hydroxylation is 1. The molecule has 1 aromatic rings. The highest BCUT2D eigenvalue weighted by Gasteiger charge is 2.23. The van der Waals surface area contributed by atoms with Crippen molar-refractivity contribution in [3.63, 3.8) is 0 Å². The molecule has 2 rings (SSSR count). The molecule has 0 spiro atoms.